The molecule has 0 aliphatic carbocycles. The number of amides is 1. The first kappa shape index (κ1) is 14.9. The second-order valence-electron chi connectivity index (χ2n) is 3.76. The Kier molecular flexibility index (Phi) is 4.83. The number of carbonyl (C=O) groups excluding carboxylic acids is 2. The first-order valence-electron chi connectivity index (χ1n) is 6.09. The Morgan fingerprint density at radius 3 is 2.90 bits per heavy atom. The number of nitrogens with zero attached hydrogens (tertiary/aromatic N) is 2. The molecule has 0 saturated heterocycles. The molecule has 2 heterocycles. The molecule has 0 aromatic carbocycles. The Labute approximate surface area is 124 Å². The normalized spacial score (nSPS) is 10.0. The summed E-state index contributed by atoms with van der Waals surface area (Å²) in [6.45, 7) is 2.21. The van der Waals surface area contributed by atoms with E-state index in [0.29, 0.717) is 22.2 Å². The monoisotopic (exact) mass is 307 g/mol. The number of nitrogens with one attached hydrogen (secondary N) is 1. The summed E-state index contributed by atoms with van der Waals surface area (Å²) >= 11 is 1.03. The number of ether oxygens (including phenoxy) is 2. The van der Waals surface area contributed by atoms with Gasteiger partial charge in [-0.1, -0.05) is 11.3 Å². The van der Waals surface area contributed by atoms with E-state index in [0.717, 1.165) is 11.3 Å². The smallest absolute Gasteiger partial charge is 0.349 e. The number of methoxy groups -OCH3 is 1. The van der Waals surface area contributed by atoms with Gasteiger partial charge in [0.1, 0.15) is 10.4 Å². The predicted molar refractivity (Wildman–Crippen MR) is 76.8 cm³/mol. The van der Waals surface area contributed by atoms with Crippen molar-refractivity contribution >= 4 is 28.3 Å². The van der Waals surface area contributed by atoms with Crippen molar-refractivity contribution in [3.05, 3.63) is 35.0 Å². The van der Waals surface area contributed by atoms with Gasteiger partial charge in [-0.2, -0.15) is 0 Å². The molecular formula is C13H13N3O4S. The number of esters is 1. The third-order valence-corrected chi connectivity index (χ3v) is 3.30. The molecule has 1 amide bonds. The summed E-state index contributed by atoms with van der Waals surface area (Å²) < 4.78 is 9.87. The summed E-state index contributed by atoms with van der Waals surface area (Å²) in [5, 5.41) is 2.89. The van der Waals surface area contributed by atoms with Gasteiger partial charge in [-0.05, 0) is 19.1 Å². The molecule has 0 aliphatic heterocycles. The topological polar surface area (TPSA) is 90.4 Å². The highest BCUT2D eigenvalue weighted by molar-refractivity contribution is 7.17. The zero-order chi connectivity index (χ0) is 15.2. The first-order chi connectivity index (χ1) is 10.2. The lowest BCUT2D eigenvalue weighted by Gasteiger charge is -2.07. The highest BCUT2D eigenvalue weighted by atomic mass is 32.1. The number of anilines is 1. The van der Waals surface area contributed by atoms with Gasteiger partial charge in [0, 0.05) is 6.20 Å². The van der Waals surface area contributed by atoms with Crippen LogP contribution in [-0.2, 0) is 4.74 Å². The third-order valence-electron chi connectivity index (χ3n) is 2.41. The molecule has 0 radical (unpaired) electrons. The molecule has 0 spiro atoms. The van der Waals surface area contributed by atoms with Crippen LogP contribution < -0.4 is 10.1 Å². The third kappa shape index (κ3) is 3.54. The highest BCUT2D eigenvalue weighted by Gasteiger charge is 2.16. The average Bonchev–Trinajstić information content (AvgIpc) is 2.95. The Morgan fingerprint density at radius 2 is 2.19 bits per heavy atom. The van der Waals surface area contributed by atoms with Crippen molar-refractivity contribution in [2.75, 3.05) is 19.0 Å². The van der Waals surface area contributed by atoms with E-state index in [2.05, 4.69) is 20.0 Å². The second kappa shape index (κ2) is 6.80. The molecule has 2 rings (SSSR count). The minimum absolute atomic E-state index is 0.252. The largest absolute Gasteiger partial charge is 0.477 e. The molecule has 21 heavy (non-hydrogen) atoms. The van der Waals surface area contributed by atoms with Crippen LogP contribution in [0.1, 0.15) is 27.0 Å². The van der Waals surface area contributed by atoms with Crippen molar-refractivity contribution in [2.45, 2.75) is 6.92 Å². The summed E-state index contributed by atoms with van der Waals surface area (Å²) in [5.41, 5.74) is 0.300. The van der Waals surface area contributed by atoms with Crippen LogP contribution >= 0.6 is 11.3 Å². The summed E-state index contributed by atoms with van der Waals surface area (Å²) in [4.78, 5) is 31.8. The zero-order valence-corrected chi connectivity index (χ0v) is 12.3. The molecule has 0 bridgehead atoms. The van der Waals surface area contributed by atoms with Crippen LogP contribution in [0.4, 0.5) is 5.13 Å². The molecule has 0 saturated carbocycles. The molecule has 1 N–H and O–H groups in total. The van der Waals surface area contributed by atoms with Gasteiger partial charge in [-0.15, -0.1) is 0 Å². The fraction of sp³-hybridized carbons (Fsp3) is 0.231. The van der Waals surface area contributed by atoms with Gasteiger partial charge in [0.05, 0.1) is 19.9 Å². The van der Waals surface area contributed by atoms with Gasteiger partial charge < -0.3 is 9.47 Å². The van der Waals surface area contributed by atoms with Crippen molar-refractivity contribution in [3.63, 3.8) is 0 Å². The van der Waals surface area contributed by atoms with E-state index >= 15 is 0 Å². The molecule has 0 atom stereocenters. The van der Waals surface area contributed by atoms with Crippen LogP contribution in [0.5, 0.6) is 5.88 Å². The Bertz CT molecular complexity index is 656. The number of carbonyl (C=O) groups is 2. The number of hydrogen-bond donors (Lipinski definition) is 1. The van der Waals surface area contributed by atoms with E-state index in [9.17, 15) is 9.59 Å². The quantitative estimate of drug-likeness (QED) is 0.849. The van der Waals surface area contributed by atoms with E-state index in [1.165, 1.54) is 13.3 Å². The van der Waals surface area contributed by atoms with Crippen LogP contribution in [0.15, 0.2) is 24.5 Å². The number of aromatic nitrogens is 2. The Morgan fingerprint density at radius 1 is 1.38 bits per heavy atom. The zero-order valence-electron chi connectivity index (χ0n) is 11.5. The molecule has 8 heteroatoms. The molecule has 7 nitrogen and oxygen atoms in total. The summed E-state index contributed by atoms with van der Waals surface area (Å²) in [7, 11) is 1.28. The fourth-order valence-electron chi connectivity index (χ4n) is 1.51. The van der Waals surface area contributed by atoms with Gasteiger partial charge in [-0.3, -0.25) is 10.1 Å². The molecule has 0 fully saturated rings. The number of hydrogen-bond acceptors (Lipinski definition) is 7. The standard InChI is InChI=1S/C13H13N3O4S/c1-3-20-11-8(5-4-6-14-11)10(17)16-13-15-7-9(21-13)12(18)19-2/h4-7H,3H2,1-2H3,(H,15,16,17). The van der Waals surface area contributed by atoms with Crippen LogP contribution in [0.25, 0.3) is 0 Å². The number of thiazole rings is 1. The minimum atomic E-state index is -0.496. The summed E-state index contributed by atoms with van der Waals surface area (Å²) in [6.07, 6.45) is 2.89. The van der Waals surface area contributed by atoms with Crippen LogP contribution in [-0.4, -0.2) is 35.6 Å². The number of rotatable bonds is 5. The molecule has 0 aliphatic rings. The Balaban J connectivity index is 2.14. The SMILES string of the molecule is CCOc1ncccc1C(=O)Nc1ncc(C(=O)OC)s1. The second-order valence-corrected chi connectivity index (χ2v) is 4.80. The van der Waals surface area contributed by atoms with E-state index in [1.54, 1.807) is 25.3 Å². The fourth-order valence-corrected chi connectivity index (χ4v) is 2.24. The van der Waals surface area contributed by atoms with E-state index in [-0.39, 0.29) is 5.88 Å². The van der Waals surface area contributed by atoms with Crippen molar-refractivity contribution in [1.29, 1.82) is 0 Å². The van der Waals surface area contributed by atoms with Gasteiger partial charge in [-0.25, -0.2) is 14.8 Å². The molecule has 110 valence electrons. The van der Waals surface area contributed by atoms with E-state index < -0.39 is 11.9 Å². The average molecular weight is 307 g/mol. The van der Waals surface area contributed by atoms with Crippen molar-refractivity contribution in [1.82, 2.24) is 9.97 Å². The molecular weight excluding hydrogens is 294 g/mol. The van der Waals surface area contributed by atoms with Gasteiger partial charge in [0.15, 0.2) is 5.13 Å². The molecule has 2 aromatic rings. The Hall–Kier alpha value is -2.48. The van der Waals surface area contributed by atoms with Crippen molar-refractivity contribution in [3.8, 4) is 5.88 Å². The van der Waals surface area contributed by atoms with Crippen LogP contribution in [0.2, 0.25) is 0 Å². The lowest BCUT2D eigenvalue weighted by atomic mass is 10.2. The van der Waals surface area contributed by atoms with Crippen LogP contribution in [0.3, 0.4) is 0 Å². The van der Waals surface area contributed by atoms with E-state index in [4.69, 9.17) is 4.74 Å². The van der Waals surface area contributed by atoms with Gasteiger partial charge >= 0.3 is 5.97 Å². The maximum atomic E-state index is 12.2. The summed E-state index contributed by atoms with van der Waals surface area (Å²) in [5.74, 6) is -0.649. The summed E-state index contributed by atoms with van der Waals surface area (Å²) in [6, 6.07) is 3.24. The molecule has 2 aromatic heterocycles. The predicted octanol–water partition coefficient (Wildman–Crippen LogP) is 1.98. The van der Waals surface area contributed by atoms with Crippen LogP contribution in [0, 0.1) is 0 Å². The lowest BCUT2D eigenvalue weighted by Crippen LogP contribution is -2.14. The lowest BCUT2D eigenvalue weighted by molar-refractivity contribution is 0.0606. The van der Waals surface area contributed by atoms with E-state index in [1.807, 2.05) is 0 Å². The highest BCUT2D eigenvalue weighted by Crippen LogP contribution is 2.21. The molecule has 0 unspecified atom stereocenters. The minimum Gasteiger partial charge on any atom is -0.477 e. The maximum absolute atomic E-state index is 12.2. The van der Waals surface area contributed by atoms with Crippen molar-refractivity contribution < 1.29 is 19.1 Å². The van der Waals surface area contributed by atoms with Gasteiger partial charge in [0.2, 0.25) is 5.88 Å². The maximum Gasteiger partial charge on any atom is 0.349 e. The first-order valence-corrected chi connectivity index (χ1v) is 6.90. The number of pyridine rings is 1. The van der Waals surface area contributed by atoms with Crippen molar-refractivity contribution in [2.24, 2.45) is 0 Å². The van der Waals surface area contributed by atoms with Gasteiger partial charge in [0.25, 0.3) is 5.91 Å².